The van der Waals surface area contributed by atoms with Crippen LogP contribution in [0.2, 0.25) is 5.02 Å². The van der Waals surface area contributed by atoms with Crippen LogP contribution in [0, 0.1) is 0 Å². The Labute approximate surface area is 114 Å². The number of benzene rings is 1. The predicted octanol–water partition coefficient (Wildman–Crippen LogP) is 2.54. The fourth-order valence-electron chi connectivity index (χ4n) is 2.80. The second kappa shape index (κ2) is 5.91. The number of rotatable bonds is 3. The molecule has 2 atom stereocenters. The minimum Gasteiger partial charge on any atom is -0.391 e. The Bertz CT molecular complexity index is 411. The first-order valence-corrected chi connectivity index (χ1v) is 6.91. The number of hydrogen-bond donors (Lipinski definition) is 2. The Morgan fingerprint density at radius 1 is 1.39 bits per heavy atom. The van der Waals surface area contributed by atoms with Gasteiger partial charge in [-0.25, -0.2) is 0 Å². The van der Waals surface area contributed by atoms with Gasteiger partial charge in [-0.2, -0.15) is 0 Å². The van der Waals surface area contributed by atoms with Crippen molar-refractivity contribution in [2.75, 3.05) is 11.9 Å². The van der Waals surface area contributed by atoms with Crippen LogP contribution in [0.5, 0.6) is 0 Å². The van der Waals surface area contributed by atoms with Crippen molar-refractivity contribution in [1.29, 1.82) is 0 Å². The maximum Gasteiger partial charge on any atom is 0.0743 e. The molecule has 0 amide bonds. The monoisotopic (exact) mass is 268 g/mol. The Morgan fingerprint density at radius 3 is 2.78 bits per heavy atom. The van der Waals surface area contributed by atoms with Crippen LogP contribution >= 0.6 is 11.6 Å². The van der Waals surface area contributed by atoms with Crippen LogP contribution < -0.4 is 10.6 Å². The molecule has 2 unspecified atom stereocenters. The van der Waals surface area contributed by atoms with E-state index in [4.69, 9.17) is 17.3 Å². The van der Waals surface area contributed by atoms with Crippen LogP contribution in [-0.4, -0.2) is 24.3 Å². The summed E-state index contributed by atoms with van der Waals surface area (Å²) in [5.41, 5.74) is 7.78. The average molecular weight is 269 g/mol. The standard InChI is InChI=1S/C14H21ClN2O/c1-17(13-6-2-3-8-14(13)18)12-7-4-5-11(15)10(12)9-16/h4-5,7,13-14,18H,2-3,6,8-9,16H2,1H3. The molecule has 1 aliphatic rings. The third-order valence-electron chi connectivity index (χ3n) is 3.87. The van der Waals surface area contributed by atoms with Gasteiger partial charge >= 0.3 is 0 Å². The normalized spacial score (nSPS) is 24.0. The third kappa shape index (κ3) is 2.63. The van der Waals surface area contributed by atoms with Crippen LogP contribution in [0.4, 0.5) is 5.69 Å². The first kappa shape index (κ1) is 13.7. The molecule has 0 heterocycles. The van der Waals surface area contributed by atoms with Gasteiger partial charge in [0.25, 0.3) is 0 Å². The Kier molecular flexibility index (Phi) is 4.49. The van der Waals surface area contributed by atoms with E-state index in [1.807, 2.05) is 25.2 Å². The van der Waals surface area contributed by atoms with Gasteiger partial charge in [-0.15, -0.1) is 0 Å². The SMILES string of the molecule is CN(c1cccc(Cl)c1CN)C1CCCCC1O. The van der Waals surface area contributed by atoms with Crippen molar-refractivity contribution < 1.29 is 5.11 Å². The summed E-state index contributed by atoms with van der Waals surface area (Å²) in [5, 5.41) is 10.8. The summed E-state index contributed by atoms with van der Waals surface area (Å²) < 4.78 is 0. The fraction of sp³-hybridized carbons (Fsp3) is 0.571. The lowest BCUT2D eigenvalue weighted by Crippen LogP contribution is -2.43. The summed E-state index contributed by atoms with van der Waals surface area (Å²) in [6, 6.07) is 5.98. The van der Waals surface area contributed by atoms with Gasteiger partial charge in [0, 0.05) is 29.9 Å². The molecular formula is C14H21ClN2O. The summed E-state index contributed by atoms with van der Waals surface area (Å²) in [4.78, 5) is 2.14. The lowest BCUT2D eigenvalue weighted by Gasteiger charge is -2.37. The van der Waals surface area contributed by atoms with Crippen LogP contribution in [0.25, 0.3) is 0 Å². The number of nitrogens with two attached hydrogens (primary N) is 1. The molecule has 100 valence electrons. The highest BCUT2D eigenvalue weighted by molar-refractivity contribution is 6.31. The molecule has 2 rings (SSSR count). The number of anilines is 1. The van der Waals surface area contributed by atoms with E-state index in [0.29, 0.717) is 11.6 Å². The van der Waals surface area contributed by atoms with E-state index in [9.17, 15) is 5.11 Å². The van der Waals surface area contributed by atoms with Crippen molar-refractivity contribution in [1.82, 2.24) is 0 Å². The minimum atomic E-state index is -0.256. The maximum atomic E-state index is 10.1. The molecule has 3 N–H and O–H groups in total. The Morgan fingerprint density at radius 2 is 2.11 bits per heavy atom. The van der Waals surface area contributed by atoms with Crippen molar-refractivity contribution in [2.45, 2.75) is 44.4 Å². The van der Waals surface area contributed by atoms with E-state index in [1.165, 1.54) is 6.42 Å². The van der Waals surface area contributed by atoms with Crippen molar-refractivity contribution >= 4 is 17.3 Å². The highest BCUT2D eigenvalue weighted by Crippen LogP contribution is 2.31. The van der Waals surface area contributed by atoms with E-state index < -0.39 is 0 Å². The summed E-state index contributed by atoms with van der Waals surface area (Å²) >= 11 is 6.18. The number of nitrogens with zero attached hydrogens (tertiary/aromatic N) is 1. The molecule has 3 nitrogen and oxygen atoms in total. The molecule has 1 aromatic rings. The minimum absolute atomic E-state index is 0.169. The zero-order valence-electron chi connectivity index (χ0n) is 10.8. The summed E-state index contributed by atoms with van der Waals surface area (Å²) in [6.45, 7) is 0.419. The smallest absolute Gasteiger partial charge is 0.0743 e. The predicted molar refractivity (Wildman–Crippen MR) is 76.0 cm³/mol. The highest BCUT2D eigenvalue weighted by atomic mass is 35.5. The maximum absolute atomic E-state index is 10.1. The van der Waals surface area contributed by atoms with E-state index in [0.717, 1.165) is 30.5 Å². The van der Waals surface area contributed by atoms with E-state index in [2.05, 4.69) is 4.90 Å². The van der Waals surface area contributed by atoms with E-state index in [1.54, 1.807) is 0 Å². The van der Waals surface area contributed by atoms with Gasteiger partial charge in [0.2, 0.25) is 0 Å². The van der Waals surface area contributed by atoms with Crippen molar-refractivity contribution in [3.05, 3.63) is 28.8 Å². The fourth-order valence-corrected chi connectivity index (χ4v) is 3.05. The van der Waals surface area contributed by atoms with Gasteiger partial charge < -0.3 is 15.7 Å². The summed E-state index contributed by atoms with van der Waals surface area (Å²) in [6.07, 6.45) is 3.94. The molecule has 0 saturated heterocycles. The Hall–Kier alpha value is -0.770. The molecule has 0 spiro atoms. The Balaban J connectivity index is 2.27. The van der Waals surface area contributed by atoms with Crippen molar-refractivity contribution in [2.24, 2.45) is 5.73 Å². The largest absolute Gasteiger partial charge is 0.391 e. The van der Waals surface area contributed by atoms with Gasteiger partial charge in [-0.1, -0.05) is 30.5 Å². The molecule has 1 aromatic carbocycles. The van der Waals surface area contributed by atoms with Gasteiger partial charge in [0.15, 0.2) is 0 Å². The van der Waals surface area contributed by atoms with E-state index in [-0.39, 0.29) is 12.1 Å². The van der Waals surface area contributed by atoms with Gasteiger partial charge in [0.1, 0.15) is 0 Å². The summed E-state index contributed by atoms with van der Waals surface area (Å²) in [7, 11) is 2.02. The van der Waals surface area contributed by atoms with Crippen LogP contribution in [0.1, 0.15) is 31.2 Å². The zero-order chi connectivity index (χ0) is 13.1. The molecule has 0 aromatic heterocycles. The first-order chi connectivity index (χ1) is 8.65. The lowest BCUT2D eigenvalue weighted by atomic mass is 9.91. The van der Waals surface area contributed by atoms with Gasteiger partial charge in [-0.3, -0.25) is 0 Å². The molecule has 4 heteroatoms. The molecule has 1 fully saturated rings. The zero-order valence-corrected chi connectivity index (χ0v) is 11.5. The molecule has 0 radical (unpaired) electrons. The number of halogens is 1. The quantitative estimate of drug-likeness (QED) is 0.886. The number of likely N-dealkylation sites (N-methyl/N-ethyl adjacent to an activating group) is 1. The highest BCUT2D eigenvalue weighted by Gasteiger charge is 2.27. The number of aliphatic hydroxyl groups excluding tert-OH is 1. The van der Waals surface area contributed by atoms with Crippen LogP contribution in [-0.2, 0) is 6.54 Å². The van der Waals surface area contributed by atoms with Crippen molar-refractivity contribution in [3.8, 4) is 0 Å². The average Bonchev–Trinajstić information content (AvgIpc) is 2.38. The van der Waals surface area contributed by atoms with Gasteiger partial charge in [0.05, 0.1) is 12.1 Å². The number of aliphatic hydroxyl groups is 1. The number of hydrogen-bond acceptors (Lipinski definition) is 3. The molecule has 1 saturated carbocycles. The molecule has 18 heavy (non-hydrogen) atoms. The van der Waals surface area contributed by atoms with Crippen molar-refractivity contribution in [3.63, 3.8) is 0 Å². The second-order valence-electron chi connectivity index (χ2n) is 4.97. The van der Waals surface area contributed by atoms with Crippen LogP contribution in [0.3, 0.4) is 0 Å². The topological polar surface area (TPSA) is 49.5 Å². The molecule has 1 aliphatic carbocycles. The molecule has 0 aliphatic heterocycles. The molecule has 0 bridgehead atoms. The third-order valence-corrected chi connectivity index (χ3v) is 4.22. The van der Waals surface area contributed by atoms with Gasteiger partial charge in [-0.05, 0) is 25.0 Å². The first-order valence-electron chi connectivity index (χ1n) is 6.53. The summed E-state index contributed by atoms with van der Waals surface area (Å²) in [5.74, 6) is 0. The van der Waals surface area contributed by atoms with E-state index >= 15 is 0 Å². The molecular weight excluding hydrogens is 248 g/mol. The van der Waals surface area contributed by atoms with Crippen LogP contribution in [0.15, 0.2) is 18.2 Å². The second-order valence-corrected chi connectivity index (χ2v) is 5.38. The lowest BCUT2D eigenvalue weighted by molar-refractivity contribution is 0.106.